The van der Waals surface area contributed by atoms with Crippen molar-refractivity contribution in [1.82, 2.24) is 5.32 Å². The van der Waals surface area contributed by atoms with E-state index in [1.165, 1.54) is 6.08 Å². The van der Waals surface area contributed by atoms with E-state index in [2.05, 4.69) is 12.2 Å². The number of ether oxygens (including phenoxy) is 1. The van der Waals surface area contributed by atoms with Gasteiger partial charge in [0.25, 0.3) is 5.78 Å². The third-order valence-electron chi connectivity index (χ3n) is 3.23. The quantitative estimate of drug-likeness (QED) is 0.173. The molecular formula is C15H21NO5. The molecule has 1 atom stereocenters. The number of allylic oxidation sites excluding steroid dienone is 2. The number of esters is 1. The van der Waals surface area contributed by atoms with Crippen LogP contribution in [-0.2, 0) is 23.9 Å². The molecule has 0 spiro atoms. The fraction of sp³-hybridized carbons (Fsp3) is 0.600. The Hall–Kier alpha value is -1.98. The van der Waals surface area contributed by atoms with E-state index < -0.39 is 17.8 Å². The zero-order valence-corrected chi connectivity index (χ0v) is 12.2. The molecule has 1 fully saturated rings. The smallest absolute Gasteiger partial charge is 0.334 e. The monoisotopic (exact) mass is 295 g/mol. The van der Waals surface area contributed by atoms with Gasteiger partial charge in [-0.2, -0.15) is 0 Å². The second-order valence-corrected chi connectivity index (χ2v) is 4.98. The van der Waals surface area contributed by atoms with Crippen LogP contribution in [0.15, 0.2) is 11.8 Å². The van der Waals surface area contributed by atoms with Gasteiger partial charge < -0.3 is 10.1 Å². The van der Waals surface area contributed by atoms with Crippen LogP contribution in [0.4, 0.5) is 0 Å². The van der Waals surface area contributed by atoms with Gasteiger partial charge in [0.15, 0.2) is 12.0 Å². The molecule has 1 amide bonds. The zero-order valence-electron chi connectivity index (χ0n) is 12.2. The standard InChI is InChI=1S/C15H21NO5/c1-2-3-4-5-6-7-13(12(18)10-17)21-15(20)11-8-9-14(19)16-11/h7,10-11H,2-6,8-9H2,1H3,(H,16,19). The highest BCUT2D eigenvalue weighted by atomic mass is 16.5. The number of hydrogen-bond donors (Lipinski definition) is 1. The number of unbranched alkanes of at least 4 members (excludes halogenated alkanes) is 4. The number of aldehydes is 1. The summed E-state index contributed by atoms with van der Waals surface area (Å²) in [5, 5.41) is 2.46. The van der Waals surface area contributed by atoms with E-state index in [4.69, 9.17) is 4.74 Å². The van der Waals surface area contributed by atoms with Gasteiger partial charge in [0.05, 0.1) is 0 Å². The number of carbonyl (C=O) groups excluding carboxylic acids is 4. The van der Waals surface area contributed by atoms with Gasteiger partial charge in [-0.1, -0.05) is 26.2 Å². The first-order valence-electron chi connectivity index (χ1n) is 7.29. The van der Waals surface area contributed by atoms with Crippen molar-refractivity contribution < 1.29 is 23.9 Å². The molecule has 116 valence electrons. The topological polar surface area (TPSA) is 89.5 Å². The van der Waals surface area contributed by atoms with Gasteiger partial charge in [0.2, 0.25) is 5.91 Å². The Morgan fingerprint density at radius 1 is 1.33 bits per heavy atom. The Labute approximate surface area is 123 Å². The summed E-state index contributed by atoms with van der Waals surface area (Å²) in [5.74, 6) is -2.02. The molecule has 1 N–H and O–H groups in total. The lowest BCUT2D eigenvalue weighted by atomic mass is 10.1. The van der Waals surface area contributed by atoms with Crippen molar-refractivity contribution in [3.8, 4) is 0 Å². The first-order chi connectivity index (χ1) is 10.1. The molecule has 0 aromatic rings. The van der Waals surface area contributed by atoms with Gasteiger partial charge in [0.1, 0.15) is 6.04 Å². The maximum Gasteiger partial charge on any atom is 0.334 e. The van der Waals surface area contributed by atoms with Crippen molar-refractivity contribution in [1.29, 1.82) is 0 Å². The van der Waals surface area contributed by atoms with Gasteiger partial charge in [-0.25, -0.2) is 4.79 Å². The molecule has 1 rings (SSSR count). The predicted octanol–water partition coefficient (Wildman–Crippen LogP) is 1.43. The van der Waals surface area contributed by atoms with Gasteiger partial charge in [-0.15, -0.1) is 0 Å². The Kier molecular flexibility index (Phi) is 7.36. The Bertz CT molecular complexity index is 441. The molecule has 0 radical (unpaired) electrons. The van der Waals surface area contributed by atoms with Gasteiger partial charge in [0, 0.05) is 6.42 Å². The fourth-order valence-corrected chi connectivity index (χ4v) is 2.03. The summed E-state index contributed by atoms with van der Waals surface area (Å²) in [4.78, 5) is 44.9. The maximum atomic E-state index is 11.8. The molecule has 0 bridgehead atoms. The minimum atomic E-state index is -0.858. The molecule has 0 aromatic heterocycles. The molecule has 1 saturated heterocycles. The zero-order chi connectivity index (χ0) is 15.7. The Balaban J connectivity index is 2.54. The first-order valence-corrected chi connectivity index (χ1v) is 7.29. The highest BCUT2D eigenvalue weighted by Crippen LogP contribution is 2.12. The number of rotatable bonds is 9. The summed E-state index contributed by atoms with van der Waals surface area (Å²) in [6, 6.07) is -0.736. The number of carbonyl (C=O) groups is 4. The minimum absolute atomic E-state index is 0.123. The summed E-state index contributed by atoms with van der Waals surface area (Å²) in [6.45, 7) is 2.09. The first kappa shape index (κ1) is 17.1. The van der Waals surface area contributed by atoms with Crippen molar-refractivity contribution >= 4 is 23.9 Å². The van der Waals surface area contributed by atoms with E-state index in [0.29, 0.717) is 12.8 Å². The molecule has 1 heterocycles. The van der Waals surface area contributed by atoms with Crippen LogP contribution < -0.4 is 5.32 Å². The van der Waals surface area contributed by atoms with Gasteiger partial charge >= 0.3 is 5.97 Å². The normalized spacial score (nSPS) is 18.2. The lowest BCUT2D eigenvalue weighted by molar-refractivity contribution is -0.145. The molecule has 0 aliphatic carbocycles. The SMILES string of the molecule is CCCCCCC=C(OC(=O)C1CCC(=O)N1)C(=O)C=O. The summed E-state index contributed by atoms with van der Waals surface area (Å²) in [7, 11) is 0. The molecular weight excluding hydrogens is 274 g/mol. The van der Waals surface area contributed by atoms with Crippen molar-refractivity contribution in [3.63, 3.8) is 0 Å². The van der Waals surface area contributed by atoms with Crippen molar-refractivity contribution in [3.05, 3.63) is 11.8 Å². The second kappa shape index (κ2) is 9.05. The Morgan fingerprint density at radius 3 is 2.67 bits per heavy atom. The van der Waals surface area contributed by atoms with Crippen LogP contribution in [0.3, 0.4) is 0 Å². The average Bonchev–Trinajstić information content (AvgIpc) is 2.91. The maximum absolute atomic E-state index is 11.8. The highest BCUT2D eigenvalue weighted by molar-refractivity contribution is 6.32. The summed E-state index contributed by atoms with van der Waals surface area (Å²) >= 11 is 0. The fourth-order valence-electron chi connectivity index (χ4n) is 2.03. The molecule has 1 unspecified atom stereocenters. The van der Waals surface area contributed by atoms with Crippen molar-refractivity contribution in [2.24, 2.45) is 0 Å². The van der Waals surface area contributed by atoms with Crippen molar-refractivity contribution in [2.75, 3.05) is 0 Å². The van der Waals surface area contributed by atoms with E-state index in [-0.39, 0.29) is 24.4 Å². The van der Waals surface area contributed by atoms with Crippen molar-refractivity contribution in [2.45, 2.75) is 57.9 Å². The number of Topliss-reactive ketones (excluding diaryl/α,β-unsaturated/α-hetero) is 1. The van der Waals surface area contributed by atoms with Crippen LogP contribution in [0.2, 0.25) is 0 Å². The van der Waals surface area contributed by atoms with E-state index in [1.54, 1.807) is 0 Å². The summed E-state index contributed by atoms with van der Waals surface area (Å²) < 4.78 is 4.97. The average molecular weight is 295 g/mol. The minimum Gasteiger partial charge on any atom is -0.421 e. The van der Waals surface area contributed by atoms with E-state index >= 15 is 0 Å². The number of nitrogens with one attached hydrogen (secondary N) is 1. The number of amides is 1. The molecule has 21 heavy (non-hydrogen) atoms. The van der Waals surface area contributed by atoms with Crippen LogP contribution in [0.25, 0.3) is 0 Å². The van der Waals surface area contributed by atoms with E-state index in [1.807, 2.05) is 0 Å². The number of ketones is 1. The molecule has 0 aromatic carbocycles. The van der Waals surface area contributed by atoms with Crippen LogP contribution in [0.5, 0.6) is 0 Å². The molecule has 6 heteroatoms. The summed E-state index contributed by atoms with van der Waals surface area (Å²) in [6.07, 6.45) is 6.84. The highest BCUT2D eigenvalue weighted by Gasteiger charge is 2.30. The van der Waals surface area contributed by atoms with Crippen LogP contribution >= 0.6 is 0 Å². The van der Waals surface area contributed by atoms with Crippen LogP contribution in [0, 0.1) is 0 Å². The summed E-state index contributed by atoms with van der Waals surface area (Å²) in [5.41, 5.74) is 0. The third-order valence-corrected chi connectivity index (χ3v) is 3.23. The molecule has 0 saturated carbocycles. The number of hydrogen-bond acceptors (Lipinski definition) is 5. The second-order valence-electron chi connectivity index (χ2n) is 4.98. The van der Waals surface area contributed by atoms with Gasteiger partial charge in [-0.05, 0) is 25.3 Å². The van der Waals surface area contributed by atoms with Crippen LogP contribution in [0.1, 0.15) is 51.9 Å². The predicted molar refractivity (Wildman–Crippen MR) is 75.2 cm³/mol. The third kappa shape index (κ3) is 5.89. The van der Waals surface area contributed by atoms with Gasteiger partial charge in [-0.3, -0.25) is 14.4 Å². The largest absolute Gasteiger partial charge is 0.421 e. The Morgan fingerprint density at radius 2 is 2.10 bits per heavy atom. The molecule has 1 aliphatic rings. The molecule has 1 aliphatic heterocycles. The molecule has 6 nitrogen and oxygen atoms in total. The van der Waals surface area contributed by atoms with E-state index in [0.717, 1.165) is 25.7 Å². The van der Waals surface area contributed by atoms with E-state index in [9.17, 15) is 19.2 Å². The lowest BCUT2D eigenvalue weighted by Crippen LogP contribution is -2.35. The van der Waals surface area contributed by atoms with Crippen LogP contribution in [-0.4, -0.2) is 30.0 Å². The lowest BCUT2D eigenvalue weighted by Gasteiger charge is -2.10.